The van der Waals surface area contributed by atoms with Gasteiger partial charge in [0, 0.05) is 11.3 Å². The van der Waals surface area contributed by atoms with Gasteiger partial charge in [-0.15, -0.1) is 0 Å². The van der Waals surface area contributed by atoms with E-state index in [1.807, 2.05) is 17.8 Å². The third kappa shape index (κ3) is 3.24. The molecule has 0 spiro atoms. The first-order chi connectivity index (χ1) is 8.12. The van der Waals surface area contributed by atoms with Gasteiger partial charge in [-0.25, -0.2) is 13.1 Å². The summed E-state index contributed by atoms with van der Waals surface area (Å²) in [5.74, 6) is 0. The second-order valence-corrected chi connectivity index (χ2v) is 7.15. The topological polar surface area (TPSA) is 46.2 Å². The fourth-order valence-corrected chi connectivity index (χ4v) is 4.25. The molecule has 1 aliphatic rings. The zero-order chi connectivity index (χ0) is 12.3. The molecule has 0 bridgehead atoms. The Hall–Kier alpha value is -0.520. The predicted molar refractivity (Wildman–Crippen MR) is 71.7 cm³/mol. The summed E-state index contributed by atoms with van der Waals surface area (Å²) in [6, 6.07) is 8.66. The van der Waals surface area contributed by atoms with Crippen LogP contribution in [0.3, 0.4) is 0 Å². The lowest BCUT2D eigenvalue weighted by molar-refractivity contribution is 0.552. The standard InChI is InChI=1S/C12H17NO2S2/c1-16-11-8-7-10(9-11)13-17(14,15)12-5-3-2-4-6-12/h2-6,10-11,13H,7-9H2,1H3. The molecule has 1 saturated carbocycles. The molecular weight excluding hydrogens is 254 g/mol. The van der Waals surface area contributed by atoms with Gasteiger partial charge in [-0.2, -0.15) is 11.8 Å². The van der Waals surface area contributed by atoms with Crippen molar-refractivity contribution in [3.05, 3.63) is 30.3 Å². The number of rotatable bonds is 4. The fraction of sp³-hybridized carbons (Fsp3) is 0.500. The van der Waals surface area contributed by atoms with Gasteiger partial charge in [-0.1, -0.05) is 18.2 Å². The molecule has 2 atom stereocenters. The van der Waals surface area contributed by atoms with Crippen LogP contribution in [-0.2, 0) is 10.0 Å². The lowest BCUT2D eigenvalue weighted by atomic mass is 10.3. The van der Waals surface area contributed by atoms with E-state index >= 15 is 0 Å². The summed E-state index contributed by atoms with van der Waals surface area (Å²) in [4.78, 5) is 0.354. The first-order valence-electron chi connectivity index (χ1n) is 5.72. The first-order valence-corrected chi connectivity index (χ1v) is 8.49. The summed E-state index contributed by atoms with van der Waals surface area (Å²) in [6.45, 7) is 0. The molecule has 1 N–H and O–H groups in total. The molecule has 17 heavy (non-hydrogen) atoms. The van der Waals surface area contributed by atoms with Crippen molar-refractivity contribution < 1.29 is 8.42 Å². The van der Waals surface area contributed by atoms with E-state index in [4.69, 9.17) is 0 Å². The molecule has 1 aromatic rings. The molecule has 0 heterocycles. The van der Waals surface area contributed by atoms with Crippen LogP contribution in [0.2, 0.25) is 0 Å². The van der Waals surface area contributed by atoms with Gasteiger partial charge >= 0.3 is 0 Å². The van der Waals surface area contributed by atoms with Crippen LogP contribution in [0.25, 0.3) is 0 Å². The Morgan fingerprint density at radius 3 is 2.53 bits per heavy atom. The van der Waals surface area contributed by atoms with E-state index in [0.717, 1.165) is 19.3 Å². The molecule has 2 rings (SSSR count). The Balaban J connectivity index is 2.04. The highest BCUT2D eigenvalue weighted by atomic mass is 32.2. The highest BCUT2D eigenvalue weighted by molar-refractivity contribution is 7.99. The van der Waals surface area contributed by atoms with Gasteiger partial charge in [0.05, 0.1) is 4.90 Å². The molecule has 0 radical (unpaired) electrons. The van der Waals surface area contributed by atoms with Crippen LogP contribution in [0.1, 0.15) is 19.3 Å². The summed E-state index contributed by atoms with van der Waals surface area (Å²) in [6.07, 6.45) is 5.06. The minimum atomic E-state index is -3.33. The normalized spacial score (nSPS) is 25.0. The Kier molecular flexibility index (Phi) is 4.12. The van der Waals surface area contributed by atoms with Crippen molar-refractivity contribution in [1.82, 2.24) is 4.72 Å². The van der Waals surface area contributed by atoms with Crippen LogP contribution in [-0.4, -0.2) is 26.0 Å². The molecule has 0 saturated heterocycles. The van der Waals surface area contributed by atoms with Crippen LogP contribution in [0.4, 0.5) is 0 Å². The molecule has 1 aliphatic carbocycles. The second-order valence-electron chi connectivity index (χ2n) is 4.30. The van der Waals surface area contributed by atoms with Crippen LogP contribution >= 0.6 is 11.8 Å². The lowest BCUT2D eigenvalue weighted by Gasteiger charge is -2.13. The van der Waals surface area contributed by atoms with Crippen molar-refractivity contribution in [2.75, 3.05) is 6.26 Å². The van der Waals surface area contributed by atoms with Gasteiger partial charge in [0.25, 0.3) is 0 Å². The maximum absolute atomic E-state index is 12.1. The Bertz CT molecular complexity index is 459. The first kappa shape index (κ1) is 12.9. The van der Waals surface area contributed by atoms with Crippen molar-refractivity contribution in [2.24, 2.45) is 0 Å². The Labute approximate surface area is 107 Å². The average Bonchev–Trinajstić information content (AvgIpc) is 2.77. The largest absolute Gasteiger partial charge is 0.240 e. The average molecular weight is 271 g/mol. The predicted octanol–water partition coefficient (Wildman–Crippen LogP) is 2.25. The smallest absolute Gasteiger partial charge is 0.208 e. The minimum Gasteiger partial charge on any atom is -0.208 e. The molecule has 0 aliphatic heterocycles. The molecule has 5 heteroatoms. The summed E-state index contributed by atoms with van der Waals surface area (Å²) in [5.41, 5.74) is 0. The summed E-state index contributed by atoms with van der Waals surface area (Å²) in [5, 5.41) is 0.596. The van der Waals surface area contributed by atoms with Gasteiger partial charge in [0.15, 0.2) is 0 Å². The molecule has 3 nitrogen and oxygen atoms in total. The third-order valence-corrected chi connectivity index (χ3v) is 5.72. The molecule has 0 aromatic heterocycles. The van der Waals surface area contributed by atoms with E-state index < -0.39 is 10.0 Å². The summed E-state index contributed by atoms with van der Waals surface area (Å²) in [7, 11) is -3.33. The number of hydrogen-bond donors (Lipinski definition) is 1. The van der Waals surface area contributed by atoms with Gasteiger partial charge in [-0.05, 0) is 37.7 Å². The van der Waals surface area contributed by atoms with E-state index in [-0.39, 0.29) is 6.04 Å². The van der Waals surface area contributed by atoms with Gasteiger partial charge in [0.2, 0.25) is 10.0 Å². The van der Waals surface area contributed by atoms with Crippen LogP contribution < -0.4 is 4.72 Å². The van der Waals surface area contributed by atoms with E-state index in [1.165, 1.54) is 0 Å². The van der Waals surface area contributed by atoms with E-state index in [1.54, 1.807) is 24.3 Å². The highest BCUT2D eigenvalue weighted by Gasteiger charge is 2.27. The maximum atomic E-state index is 12.1. The number of sulfonamides is 1. The molecule has 2 unspecified atom stereocenters. The number of hydrogen-bond acceptors (Lipinski definition) is 3. The quantitative estimate of drug-likeness (QED) is 0.913. The molecule has 1 fully saturated rings. The summed E-state index contributed by atoms with van der Waals surface area (Å²) >= 11 is 1.82. The number of thioether (sulfide) groups is 1. The van der Waals surface area contributed by atoms with Gasteiger partial charge in [0.1, 0.15) is 0 Å². The van der Waals surface area contributed by atoms with Crippen molar-refractivity contribution in [3.63, 3.8) is 0 Å². The Morgan fingerprint density at radius 1 is 1.24 bits per heavy atom. The lowest BCUT2D eigenvalue weighted by Crippen LogP contribution is -2.33. The number of benzene rings is 1. The number of nitrogens with one attached hydrogen (secondary N) is 1. The molecular formula is C12H17NO2S2. The van der Waals surface area contributed by atoms with Crippen LogP contribution in [0.5, 0.6) is 0 Å². The summed E-state index contributed by atoms with van der Waals surface area (Å²) < 4.78 is 26.9. The van der Waals surface area contributed by atoms with E-state index in [2.05, 4.69) is 11.0 Å². The molecule has 1 aromatic carbocycles. The monoisotopic (exact) mass is 271 g/mol. The van der Waals surface area contributed by atoms with Crippen molar-refractivity contribution in [1.29, 1.82) is 0 Å². The zero-order valence-corrected chi connectivity index (χ0v) is 11.4. The zero-order valence-electron chi connectivity index (χ0n) is 9.80. The SMILES string of the molecule is CSC1CCC(NS(=O)(=O)c2ccccc2)C1. The highest BCUT2D eigenvalue weighted by Crippen LogP contribution is 2.29. The van der Waals surface area contributed by atoms with Crippen molar-refractivity contribution >= 4 is 21.8 Å². The van der Waals surface area contributed by atoms with Crippen molar-refractivity contribution in [3.8, 4) is 0 Å². The maximum Gasteiger partial charge on any atom is 0.240 e. The van der Waals surface area contributed by atoms with Crippen LogP contribution in [0.15, 0.2) is 35.2 Å². The van der Waals surface area contributed by atoms with Crippen LogP contribution in [0, 0.1) is 0 Å². The van der Waals surface area contributed by atoms with E-state index in [0.29, 0.717) is 10.1 Å². The van der Waals surface area contributed by atoms with Crippen molar-refractivity contribution in [2.45, 2.75) is 35.4 Å². The Morgan fingerprint density at radius 2 is 1.94 bits per heavy atom. The minimum absolute atomic E-state index is 0.0951. The molecule has 0 amide bonds. The fourth-order valence-electron chi connectivity index (χ4n) is 2.15. The van der Waals surface area contributed by atoms with Gasteiger partial charge in [-0.3, -0.25) is 0 Å². The molecule has 94 valence electrons. The van der Waals surface area contributed by atoms with Gasteiger partial charge < -0.3 is 0 Å². The third-order valence-electron chi connectivity index (χ3n) is 3.09. The second kappa shape index (κ2) is 5.42. The van der Waals surface area contributed by atoms with E-state index in [9.17, 15) is 8.42 Å².